The van der Waals surface area contributed by atoms with Crippen LogP contribution in [0.15, 0.2) is 29.2 Å². The fraction of sp³-hybridized carbons (Fsp3) is 0.500. The molecule has 134 valence electrons. The first-order valence-electron chi connectivity index (χ1n) is 7.25. The third-order valence-corrected chi connectivity index (χ3v) is 6.00. The van der Waals surface area contributed by atoms with Gasteiger partial charge in [0.2, 0.25) is 15.9 Å². The number of nitrogens with zero attached hydrogens (tertiary/aromatic N) is 2. The van der Waals surface area contributed by atoms with Crippen LogP contribution in [-0.4, -0.2) is 55.8 Å². The zero-order valence-corrected chi connectivity index (χ0v) is 13.8. The molecule has 10 heteroatoms. The van der Waals surface area contributed by atoms with Crippen LogP contribution in [0.5, 0.6) is 0 Å². The van der Waals surface area contributed by atoms with E-state index in [1.54, 1.807) is 11.8 Å². The highest BCUT2D eigenvalue weighted by Crippen LogP contribution is 2.35. The molecule has 1 fully saturated rings. The third kappa shape index (κ3) is 3.70. The Hall–Kier alpha value is -1.65. The lowest BCUT2D eigenvalue weighted by Gasteiger charge is -2.36. The van der Waals surface area contributed by atoms with Gasteiger partial charge in [-0.05, 0) is 19.1 Å². The number of primary amides is 1. The number of carbonyl (C=O) groups is 1. The van der Waals surface area contributed by atoms with E-state index in [-0.39, 0.29) is 26.2 Å². The Balaban J connectivity index is 2.24. The van der Waals surface area contributed by atoms with Gasteiger partial charge in [0, 0.05) is 26.2 Å². The van der Waals surface area contributed by atoms with Gasteiger partial charge in [0.15, 0.2) is 0 Å². The maximum Gasteiger partial charge on any atom is 0.417 e. The first kappa shape index (κ1) is 18.7. The Morgan fingerprint density at radius 2 is 1.71 bits per heavy atom. The summed E-state index contributed by atoms with van der Waals surface area (Å²) in [5.41, 5.74) is 4.03. The summed E-state index contributed by atoms with van der Waals surface area (Å²) in [6.45, 7) is 2.03. The smallest absolute Gasteiger partial charge is 0.368 e. The number of piperazine rings is 1. The molecule has 0 unspecified atom stereocenters. The van der Waals surface area contributed by atoms with Gasteiger partial charge in [-0.15, -0.1) is 0 Å². The highest BCUT2D eigenvalue weighted by molar-refractivity contribution is 7.89. The van der Waals surface area contributed by atoms with E-state index in [1.807, 2.05) is 0 Å². The van der Waals surface area contributed by atoms with Crippen molar-refractivity contribution in [3.05, 3.63) is 29.8 Å². The van der Waals surface area contributed by atoms with Crippen LogP contribution >= 0.6 is 0 Å². The molecule has 1 aromatic rings. The van der Waals surface area contributed by atoms with Gasteiger partial charge >= 0.3 is 6.18 Å². The number of carbonyl (C=O) groups excluding carboxylic acids is 1. The number of sulfonamides is 1. The van der Waals surface area contributed by atoms with Gasteiger partial charge in [-0.1, -0.05) is 12.1 Å². The summed E-state index contributed by atoms with van der Waals surface area (Å²) in [5.74, 6) is -0.534. The number of benzene rings is 1. The van der Waals surface area contributed by atoms with Gasteiger partial charge in [0.05, 0.1) is 16.5 Å². The molecular formula is C14H18F3N3O3S. The molecule has 0 aromatic heterocycles. The maximum absolute atomic E-state index is 13.1. The molecule has 0 bridgehead atoms. The minimum atomic E-state index is -4.76. The van der Waals surface area contributed by atoms with E-state index in [2.05, 4.69) is 0 Å². The van der Waals surface area contributed by atoms with Gasteiger partial charge in [-0.25, -0.2) is 8.42 Å². The van der Waals surface area contributed by atoms with Gasteiger partial charge in [0.25, 0.3) is 0 Å². The molecule has 0 aliphatic carbocycles. The van der Waals surface area contributed by atoms with Crippen LogP contribution in [0.3, 0.4) is 0 Å². The van der Waals surface area contributed by atoms with Crippen molar-refractivity contribution >= 4 is 15.9 Å². The molecule has 1 aliphatic heterocycles. The molecule has 2 N–H and O–H groups in total. The van der Waals surface area contributed by atoms with E-state index in [0.717, 1.165) is 22.5 Å². The van der Waals surface area contributed by atoms with E-state index in [0.29, 0.717) is 0 Å². The Morgan fingerprint density at radius 1 is 1.17 bits per heavy atom. The van der Waals surface area contributed by atoms with Crippen LogP contribution in [0.25, 0.3) is 0 Å². The Labute approximate surface area is 138 Å². The van der Waals surface area contributed by atoms with Crippen molar-refractivity contribution in [1.82, 2.24) is 9.21 Å². The molecule has 1 amide bonds. The molecule has 24 heavy (non-hydrogen) atoms. The van der Waals surface area contributed by atoms with Crippen molar-refractivity contribution in [2.45, 2.75) is 24.0 Å². The predicted octanol–water partition coefficient (Wildman–Crippen LogP) is 0.886. The minimum Gasteiger partial charge on any atom is -0.368 e. The van der Waals surface area contributed by atoms with E-state index >= 15 is 0 Å². The second-order valence-corrected chi connectivity index (χ2v) is 7.42. The van der Waals surface area contributed by atoms with Crippen LogP contribution in [0.2, 0.25) is 0 Å². The zero-order chi connectivity index (χ0) is 18.1. The largest absolute Gasteiger partial charge is 0.417 e. The molecule has 0 radical (unpaired) electrons. The number of nitrogens with two attached hydrogens (primary N) is 1. The van der Waals surface area contributed by atoms with Crippen molar-refractivity contribution in [1.29, 1.82) is 0 Å². The predicted molar refractivity (Wildman–Crippen MR) is 80.4 cm³/mol. The normalized spacial score (nSPS) is 19.2. The first-order chi connectivity index (χ1) is 11.0. The molecule has 6 nitrogen and oxygen atoms in total. The van der Waals surface area contributed by atoms with Crippen molar-refractivity contribution < 1.29 is 26.4 Å². The highest BCUT2D eigenvalue weighted by atomic mass is 32.2. The second-order valence-electron chi connectivity index (χ2n) is 5.51. The molecule has 1 aliphatic rings. The van der Waals surface area contributed by atoms with E-state index in [4.69, 9.17) is 5.73 Å². The molecule has 1 aromatic carbocycles. The van der Waals surface area contributed by atoms with Crippen LogP contribution < -0.4 is 5.73 Å². The SMILES string of the molecule is C[C@H](C(N)=O)N1CCN(S(=O)(=O)c2ccccc2C(F)(F)F)CC1. The van der Waals surface area contributed by atoms with Crippen LogP contribution in [-0.2, 0) is 21.0 Å². The molecule has 0 saturated carbocycles. The van der Waals surface area contributed by atoms with Crippen molar-refractivity contribution in [3.8, 4) is 0 Å². The molecular weight excluding hydrogens is 347 g/mol. The molecule has 0 spiro atoms. The third-order valence-electron chi connectivity index (χ3n) is 4.04. The number of hydrogen-bond donors (Lipinski definition) is 1. The number of amides is 1. The Kier molecular flexibility index (Phi) is 5.21. The molecule has 1 atom stereocenters. The van der Waals surface area contributed by atoms with Crippen LogP contribution in [0.4, 0.5) is 13.2 Å². The van der Waals surface area contributed by atoms with Gasteiger partial charge < -0.3 is 5.73 Å². The average molecular weight is 365 g/mol. The lowest BCUT2D eigenvalue weighted by molar-refractivity contribution is -0.140. The standard InChI is InChI=1S/C14H18F3N3O3S/c1-10(13(18)21)19-6-8-20(9-7-19)24(22,23)12-5-3-2-4-11(12)14(15,16)17/h2-5,10H,6-9H2,1H3,(H2,18,21)/t10-/m1/s1. The zero-order valence-electron chi connectivity index (χ0n) is 13.0. The van der Waals surface area contributed by atoms with Crippen LogP contribution in [0.1, 0.15) is 12.5 Å². The summed E-state index contributed by atoms with van der Waals surface area (Å²) in [7, 11) is -4.27. The van der Waals surface area contributed by atoms with Gasteiger partial charge in [-0.2, -0.15) is 17.5 Å². The van der Waals surface area contributed by atoms with Gasteiger partial charge in [-0.3, -0.25) is 9.69 Å². The summed E-state index contributed by atoms with van der Waals surface area (Å²) in [6, 6.07) is 3.55. The maximum atomic E-state index is 13.1. The van der Waals surface area contributed by atoms with E-state index < -0.39 is 38.6 Å². The summed E-state index contributed by atoms with van der Waals surface area (Å²) < 4.78 is 65.3. The fourth-order valence-electron chi connectivity index (χ4n) is 2.58. The quantitative estimate of drug-likeness (QED) is 0.859. The number of hydrogen-bond acceptors (Lipinski definition) is 4. The van der Waals surface area contributed by atoms with E-state index in [1.165, 1.54) is 6.07 Å². The van der Waals surface area contributed by atoms with E-state index in [9.17, 15) is 26.4 Å². The molecule has 1 heterocycles. The fourth-order valence-corrected chi connectivity index (χ4v) is 4.21. The lowest BCUT2D eigenvalue weighted by atomic mass is 10.2. The molecule has 2 rings (SSSR count). The molecule has 1 saturated heterocycles. The van der Waals surface area contributed by atoms with Crippen LogP contribution in [0, 0.1) is 0 Å². The van der Waals surface area contributed by atoms with Gasteiger partial charge in [0.1, 0.15) is 0 Å². The summed E-state index contributed by atoms with van der Waals surface area (Å²) in [4.78, 5) is 12.1. The number of alkyl halides is 3. The topological polar surface area (TPSA) is 83.7 Å². The first-order valence-corrected chi connectivity index (χ1v) is 8.69. The summed E-state index contributed by atoms with van der Waals surface area (Å²) in [6.07, 6.45) is -4.76. The minimum absolute atomic E-state index is 0.00779. The Morgan fingerprint density at radius 3 is 2.21 bits per heavy atom. The number of rotatable bonds is 4. The summed E-state index contributed by atoms with van der Waals surface area (Å²) in [5, 5.41) is 0. The highest BCUT2D eigenvalue weighted by Gasteiger charge is 2.39. The van der Waals surface area contributed by atoms with Crippen molar-refractivity contribution in [3.63, 3.8) is 0 Å². The van der Waals surface area contributed by atoms with Crippen molar-refractivity contribution in [2.75, 3.05) is 26.2 Å². The second kappa shape index (κ2) is 6.69. The lowest BCUT2D eigenvalue weighted by Crippen LogP contribution is -2.54. The Bertz CT molecular complexity index is 713. The summed E-state index contributed by atoms with van der Waals surface area (Å²) >= 11 is 0. The number of halogens is 3. The van der Waals surface area contributed by atoms with Crippen molar-refractivity contribution in [2.24, 2.45) is 5.73 Å². The monoisotopic (exact) mass is 365 g/mol. The average Bonchev–Trinajstić information content (AvgIpc) is 2.53.